The molecule has 1 aromatic rings. The molecule has 0 amide bonds. The van der Waals surface area contributed by atoms with Crippen LogP contribution in [-0.4, -0.2) is 44.7 Å². The molecule has 0 saturated carbocycles. The molecule has 138 valence electrons. The lowest BCUT2D eigenvalue weighted by Gasteiger charge is -2.25. The van der Waals surface area contributed by atoms with Crippen LogP contribution in [0.15, 0.2) is 30.3 Å². The highest BCUT2D eigenvalue weighted by Crippen LogP contribution is 2.21. The number of hydrogen-bond acceptors (Lipinski definition) is 2. The zero-order valence-corrected chi connectivity index (χ0v) is 17.1. The molecule has 3 heteroatoms. The molecule has 0 N–H and O–H groups in total. The lowest BCUT2D eigenvalue weighted by atomic mass is 9.91. The normalized spacial score (nSPS) is 12.8. The third kappa shape index (κ3) is 9.71. The SMILES string of the molecule is CCC(C)(C)C(=O)OCC[N+](C)(C)C.CCC(C)c1ccccc1. The Morgan fingerprint density at radius 3 is 2.08 bits per heavy atom. The van der Waals surface area contributed by atoms with Gasteiger partial charge in [-0.15, -0.1) is 0 Å². The molecule has 0 aliphatic heterocycles. The van der Waals surface area contributed by atoms with Gasteiger partial charge in [-0.1, -0.05) is 51.1 Å². The molecule has 1 rings (SSSR count). The van der Waals surface area contributed by atoms with Crippen molar-refractivity contribution in [2.24, 2.45) is 5.41 Å². The third-order valence-corrected chi connectivity index (χ3v) is 4.41. The van der Waals surface area contributed by atoms with Crippen LogP contribution < -0.4 is 0 Å². The Bertz CT molecular complexity index is 460. The van der Waals surface area contributed by atoms with Crippen molar-refractivity contribution in [3.63, 3.8) is 0 Å². The Morgan fingerprint density at radius 1 is 1.12 bits per heavy atom. The summed E-state index contributed by atoms with van der Waals surface area (Å²) >= 11 is 0. The van der Waals surface area contributed by atoms with E-state index in [1.54, 1.807) is 0 Å². The van der Waals surface area contributed by atoms with Crippen LogP contribution >= 0.6 is 0 Å². The maximum absolute atomic E-state index is 11.6. The van der Waals surface area contributed by atoms with Gasteiger partial charge in [0.25, 0.3) is 0 Å². The first-order valence-corrected chi connectivity index (χ1v) is 9.06. The Hall–Kier alpha value is -1.35. The topological polar surface area (TPSA) is 26.3 Å². The van der Waals surface area contributed by atoms with Crippen LogP contribution in [0, 0.1) is 5.41 Å². The second-order valence-corrected chi connectivity index (χ2v) is 8.11. The molecule has 0 spiro atoms. The molecule has 1 unspecified atom stereocenters. The molecular formula is C21H38NO2+. The summed E-state index contributed by atoms with van der Waals surface area (Å²) in [5, 5.41) is 0. The molecule has 0 fully saturated rings. The van der Waals surface area contributed by atoms with Crippen molar-refractivity contribution >= 4 is 5.97 Å². The van der Waals surface area contributed by atoms with Crippen LogP contribution in [-0.2, 0) is 9.53 Å². The van der Waals surface area contributed by atoms with Crippen molar-refractivity contribution in [1.82, 2.24) is 0 Å². The van der Waals surface area contributed by atoms with E-state index in [1.807, 2.05) is 20.8 Å². The highest BCUT2D eigenvalue weighted by molar-refractivity contribution is 5.75. The van der Waals surface area contributed by atoms with Crippen molar-refractivity contribution in [2.75, 3.05) is 34.3 Å². The fourth-order valence-electron chi connectivity index (χ4n) is 1.77. The lowest BCUT2D eigenvalue weighted by Crippen LogP contribution is -2.39. The summed E-state index contributed by atoms with van der Waals surface area (Å²) in [4.78, 5) is 11.6. The summed E-state index contributed by atoms with van der Waals surface area (Å²) in [6.07, 6.45) is 2.04. The summed E-state index contributed by atoms with van der Waals surface area (Å²) in [6, 6.07) is 10.6. The lowest BCUT2D eigenvalue weighted by molar-refractivity contribution is -0.870. The van der Waals surface area contributed by atoms with E-state index in [4.69, 9.17) is 4.74 Å². The number of quaternary nitrogens is 1. The monoisotopic (exact) mass is 336 g/mol. The molecule has 0 aliphatic rings. The summed E-state index contributed by atoms with van der Waals surface area (Å²) in [7, 11) is 6.25. The number of hydrogen-bond donors (Lipinski definition) is 0. The molecule has 1 aromatic carbocycles. The highest BCUT2D eigenvalue weighted by atomic mass is 16.5. The fourth-order valence-corrected chi connectivity index (χ4v) is 1.77. The van der Waals surface area contributed by atoms with Crippen LogP contribution in [0.5, 0.6) is 0 Å². The maximum atomic E-state index is 11.6. The van der Waals surface area contributed by atoms with Gasteiger partial charge in [-0.3, -0.25) is 4.79 Å². The van der Waals surface area contributed by atoms with Crippen LogP contribution in [0.25, 0.3) is 0 Å². The number of carbonyl (C=O) groups excluding carboxylic acids is 1. The standard InChI is InChI=1S/C11H24NO2.C10H14/c1-7-11(2,3)10(13)14-9-8-12(4,5)6;1-3-9(2)10-7-5-4-6-8-10/h7-9H2,1-6H3;4-9H,3H2,1-2H3/q+1;. The van der Waals surface area contributed by atoms with Gasteiger partial charge in [-0.05, 0) is 38.2 Å². The van der Waals surface area contributed by atoms with E-state index in [2.05, 4.69) is 65.3 Å². The third-order valence-electron chi connectivity index (χ3n) is 4.41. The first-order chi connectivity index (χ1) is 11.0. The van der Waals surface area contributed by atoms with E-state index in [-0.39, 0.29) is 11.4 Å². The second kappa shape index (κ2) is 10.5. The van der Waals surface area contributed by atoms with Gasteiger partial charge >= 0.3 is 5.97 Å². The van der Waals surface area contributed by atoms with Crippen LogP contribution in [0.1, 0.15) is 58.9 Å². The summed E-state index contributed by atoms with van der Waals surface area (Å²) in [6.45, 7) is 11.7. The summed E-state index contributed by atoms with van der Waals surface area (Å²) in [5.41, 5.74) is 1.11. The molecule has 0 radical (unpaired) electrons. The number of ether oxygens (including phenoxy) is 1. The number of likely N-dealkylation sites (N-methyl/N-ethyl adjacent to an activating group) is 1. The first-order valence-electron chi connectivity index (χ1n) is 9.06. The second-order valence-electron chi connectivity index (χ2n) is 8.11. The average Bonchev–Trinajstić information content (AvgIpc) is 2.54. The van der Waals surface area contributed by atoms with Gasteiger partial charge in [0.05, 0.1) is 26.6 Å². The number of benzene rings is 1. The van der Waals surface area contributed by atoms with E-state index in [0.29, 0.717) is 12.5 Å². The van der Waals surface area contributed by atoms with Gasteiger partial charge < -0.3 is 9.22 Å². The zero-order chi connectivity index (χ0) is 18.8. The Kier molecular flexibility index (Phi) is 9.91. The molecule has 0 aromatic heterocycles. The van der Waals surface area contributed by atoms with Gasteiger partial charge in [-0.2, -0.15) is 0 Å². The van der Waals surface area contributed by atoms with E-state index in [9.17, 15) is 4.79 Å². The minimum absolute atomic E-state index is 0.0894. The van der Waals surface area contributed by atoms with Gasteiger partial charge in [0.2, 0.25) is 0 Å². The summed E-state index contributed by atoms with van der Waals surface area (Å²) in [5.74, 6) is 0.620. The smallest absolute Gasteiger partial charge is 0.311 e. The van der Waals surface area contributed by atoms with Gasteiger partial charge in [0, 0.05) is 0 Å². The molecule has 1 atom stereocenters. The Balaban J connectivity index is 0.000000463. The summed E-state index contributed by atoms with van der Waals surface area (Å²) < 4.78 is 6.04. The van der Waals surface area contributed by atoms with Crippen LogP contribution in [0.4, 0.5) is 0 Å². The highest BCUT2D eigenvalue weighted by Gasteiger charge is 2.27. The van der Waals surface area contributed by atoms with E-state index >= 15 is 0 Å². The minimum Gasteiger partial charge on any atom is -0.459 e. The van der Waals surface area contributed by atoms with Gasteiger partial charge in [-0.25, -0.2) is 0 Å². The van der Waals surface area contributed by atoms with E-state index in [0.717, 1.165) is 17.4 Å². The molecule has 0 aliphatic carbocycles. The Labute approximate surface area is 149 Å². The van der Waals surface area contributed by atoms with E-state index < -0.39 is 0 Å². The molecule has 24 heavy (non-hydrogen) atoms. The van der Waals surface area contributed by atoms with Crippen molar-refractivity contribution in [3.8, 4) is 0 Å². The van der Waals surface area contributed by atoms with Crippen molar-refractivity contribution < 1.29 is 14.0 Å². The number of rotatable bonds is 7. The minimum atomic E-state index is -0.342. The van der Waals surface area contributed by atoms with Crippen molar-refractivity contribution in [1.29, 1.82) is 0 Å². The predicted octanol–water partition coefficient (Wildman–Crippen LogP) is 4.87. The molecule has 3 nitrogen and oxygen atoms in total. The van der Waals surface area contributed by atoms with Crippen molar-refractivity contribution in [3.05, 3.63) is 35.9 Å². The first kappa shape index (κ1) is 22.6. The number of carbonyl (C=O) groups is 1. The number of nitrogens with zero attached hydrogens (tertiary/aromatic N) is 1. The Morgan fingerprint density at radius 2 is 1.67 bits per heavy atom. The van der Waals surface area contributed by atoms with Crippen LogP contribution in [0.3, 0.4) is 0 Å². The average molecular weight is 337 g/mol. The molecule has 0 saturated heterocycles. The molecule has 0 heterocycles. The maximum Gasteiger partial charge on any atom is 0.311 e. The fraction of sp³-hybridized carbons (Fsp3) is 0.667. The van der Waals surface area contributed by atoms with Crippen molar-refractivity contribution in [2.45, 2.75) is 53.4 Å². The van der Waals surface area contributed by atoms with Crippen LogP contribution in [0.2, 0.25) is 0 Å². The van der Waals surface area contributed by atoms with Gasteiger partial charge in [0.15, 0.2) is 0 Å². The molecule has 0 bridgehead atoms. The quantitative estimate of drug-likeness (QED) is 0.524. The molecular weight excluding hydrogens is 298 g/mol. The number of esters is 1. The van der Waals surface area contributed by atoms with E-state index in [1.165, 1.54) is 12.0 Å². The van der Waals surface area contributed by atoms with Gasteiger partial charge in [0.1, 0.15) is 13.2 Å². The zero-order valence-electron chi connectivity index (χ0n) is 17.1. The predicted molar refractivity (Wildman–Crippen MR) is 103 cm³/mol. The largest absolute Gasteiger partial charge is 0.459 e.